The van der Waals surface area contributed by atoms with Crippen LogP contribution in [0.25, 0.3) is 10.8 Å². The molecule has 44 heavy (non-hydrogen) atoms. The number of fused-ring (bicyclic) bond motifs is 2. The van der Waals surface area contributed by atoms with E-state index < -0.39 is 0 Å². The highest BCUT2D eigenvalue weighted by Gasteiger charge is 2.30. The van der Waals surface area contributed by atoms with Crippen LogP contribution in [0.4, 0.5) is 11.5 Å². The summed E-state index contributed by atoms with van der Waals surface area (Å²) in [5.74, 6) is 0.631. The number of nitrogens with zero attached hydrogens (tertiary/aromatic N) is 6. The first-order valence-corrected chi connectivity index (χ1v) is 15.9. The van der Waals surface area contributed by atoms with Crippen molar-refractivity contribution in [3.05, 3.63) is 89.6 Å². The van der Waals surface area contributed by atoms with Crippen LogP contribution in [-0.4, -0.2) is 84.4 Å². The molecule has 0 saturated carbocycles. The van der Waals surface area contributed by atoms with Crippen LogP contribution in [-0.2, 0) is 17.8 Å². The summed E-state index contributed by atoms with van der Waals surface area (Å²) in [6.07, 6.45) is 3.20. The van der Waals surface area contributed by atoms with Crippen molar-refractivity contribution >= 4 is 28.2 Å². The number of carbonyl (C=O) groups excluding carboxylic acids is 1. The van der Waals surface area contributed by atoms with Crippen molar-refractivity contribution in [2.45, 2.75) is 38.8 Å². The first-order chi connectivity index (χ1) is 21.7. The highest BCUT2D eigenvalue weighted by atomic mass is 16.7. The van der Waals surface area contributed by atoms with E-state index in [-0.39, 0.29) is 5.97 Å². The summed E-state index contributed by atoms with van der Waals surface area (Å²) in [4.78, 5) is 35.6. The molecule has 228 valence electrons. The molecule has 0 N–H and O–H groups in total. The Morgan fingerprint density at radius 3 is 2.50 bits per heavy atom. The monoisotopic (exact) mass is 592 g/mol. The number of hydrogen-bond acceptors (Lipinski definition) is 9. The standard InChI is InChI=1S/C35H40N6O3/c1-2-38-18-9-14-28(38)25-43-35-36-31-24-40(32-16-8-13-26-10-6-7-15-29(26)32)19-17-30(31)33(37-35)39-20-22-41(23-21-39)44-34(42)27-11-4-3-5-12-27/h3-8,10-13,15-16,28H,2,9,14,17-25H2,1H3/t28-/m1/s1. The minimum Gasteiger partial charge on any atom is -0.462 e. The predicted octanol–water partition coefficient (Wildman–Crippen LogP) is 4.95. The van der Waals surface area contributed by atoms with Gasteiger partial charge in [-0.25, -0.2) is 4.79 Å². The second kappa shape index (κ2) is 12.8. The van der Waals surface area contributed by atoms with Gasteiger partial charge >= 0.3 is 12.0 Å². The van der Waals surface area contributed by atoms with Crippen molar-refractivity contribution in [3.8, 4) is 6.01 Å². The van der Waals surface area contributed by atoms with Crippen LogP contribution in [0.3, 0.4) is 0 Å². The fourth-order valence-corrected chi connectivity index (χ4v) is 6.81. The van der Waals surface area contributed by atoms with Crippen LogP contribution in [0.1, 0.15) is 41.4 Å². The Bertz CT molecular complexity index is 1600. The maximum atomic E-state index is 12.6. The fourth-order valence-electron chi connectivity index (χ4n) is 6.81. The number of hydroxylamine groups is 2. The van der Waals surface area contributed by atoms with Gasteiger partial charge < -0.3 is 19.4 Å². The summed E-state index contributed by atoms with van der Waals surface area (Å²) in [5, 5.41) is 4.26. The van der Waals surface area contributed by atoms with Gasteiger partial charge in [0.25, 0.3) is 0 Å². The summed E-state index contributed by atoms with van der Waals surface area (Å²) in [6.45, 7) is 9.16. The van der Waals surface area contributed by atoms with E-state index in [1.54, 1.807) is 17.2 Å². The van der Waals surface area contributed by atoms with Gasteiger partial charge in [-0.2, -0.15) is 9.97 Å². The Hall–Kier alpha value is -4.21. The number of ether oxygens (including phenoxy) is 1. The molecule has 0 spiro atoms. The molecule has 0 bridgehead atoms. The van der Waals surface area contributed by atoms with Crippen molar-refractivity contribution in [1.29, 1.82) is 0 Å². The SMILES string of the molecule is CCN1CCC[C@@H]1COc1nc2c(c(N3CCN(OC(=O)c4ccccc4)CC3)n1)CCN(c1cccc3ccccc13)C2. The Morgan fingerprint density at radius 2 is 1.66 bits per heavy atom. The van der Waals surface area contributed by atoms with Gasteiger partial charge in [0.2, 0.25) is 0 Å². The topological polar surface area (TPSA) is 74.3 Å². The Morgan fingerprint density at radius 1 is 0.864 bits per heavy atom. The Balaban J connectivity index is 1.12. The summed E-state index contributed by atoms with van der Waals surface area (Å²) in [7, 11) is 0. The van der Waals surface area contributed by atoms with E-state index in [0.717, 1.165) is 44.0 Å². The minimum absolute atomic E-state index is 0.323. The van der Waals surface area contributed by atoms with Crippen molar-refractivity contribution in [3.63, 3.8) is 0 Å². The highest BCUT2D eigenvalue weighted by molar-refractivity contribution is 5.94. The molecule has 2 fully saturated rings. The van der Waals surface area contributed by atoms with Gasteiger partial charge in [-0.3, -0.25) is 4.90 Å². The molecule has 3 aliphatic rings. The zero-order valence-electron chi connectivity index (χ0n) is 25.4. The Kier molecular flexibility index (Phi) is 8.31. The molecule has 0 unspecified atom stereocenters. The van der Waals surface area contributed by atoms with Crippen molar-refractivity contribution < 1.29 is 14.4 Å². The quantitative estimate of drug-likeness (QED) is 0.283. The number of carbonyl (C=O) groups is 1. The Labute approximate surface area is 259 Å². The van der Waals surface area contributed by atoms with Crippen LogP contribution >= 0.6 is 0 Å². The van der Waals surface area contributed by atoms with Crippen molar-refractivity contribution in [2.75, 3.05) is 62.2 Å². The molecular weight excluding hydrogens is 552 g/mol. The van der Waals surface area contributed by atoms with E-state index in [4.69, 9.17) is 19.5 Å². The molecule has 0 amide bonds. The van der Waals surface area contributed by atoms with Gasteiger partial charge in [-0.1, -0.05) is 61.5 Å². The van der Waals surface area contributed by atoms with E-state index >= 15 is 0 Å². The molecule has 0 aliphatic carbocycles. The van der Waals surface area contributed by atoms with Crippen LogP contribution in [0, 0.1) is 0 Å². The lowest BCUT2D eigenvalue weighted by Crippen LogP contribution is -2.48. The first-order valence-electron chi connectivity index (χ1n) is 15.9. The van der Waals surface area contributed by atoms with Crippen LogP contribution in [0.2, 0.25) is 0 Å². The summed E-state index contributed by atoms with van der Waals surface area (Å²) >= 11 is 0. The molecule has 2 saturated heterocycles. The van der Waals surface area contributed by atoms with Gasteiger partial charge in [0.05, 0.1) is 30.9 Å². The molecule has 4 aromatic rings. The van der Waals surface area contributed by atoms with Gasteiger partial charge in [0.1, 0.15) is 12.4 Å². The lowest BCUT2D eigenvalue weighted by Gasteiger charge is -2.37. The number of piperazine rings is 1. The van der Waals surface area contributed by atoms with Crippen LogP contribution in [0.5, 0.6) is 6.01 Å². The second-order valence-electron chi connectivity index (χ2n) is 11.8. The van der Waals surface area contributed by atoms with E-state index in [2.05, 4.69) is 64.1 Å². The minimum atomic E-state index is -0.323. The summed E-state index contributed by atoms with van der Waals surface area (Å²) < 4.78 is 6.36. The summed E-state index contributed by atoms with van der Waals surface area (Å²) in [6, 6.07) is 25.1. The third-order valence-electron chi connectivity index (χ3n) is 9.20. The second-order valence-corrected chi connectivity index (χ2v) is 11.8. The molecule has 4 heterocycles. The zero-order valence-corrected chi connectivity index (χ0v) is 25.4. The molecule has 1 atom stereocenters. The number of rotatable bonds is 8. The molecule has 9 heteroatoms. The normalized spacial score (nSPS) is 19.2. The lowest BCUT2D eigenvalue weighted by molar-refractivity contribution is -0.112. The van der Waals surface area contributed by atoms with E-state index in [1.165, 1.54) is 28.4 Å². The van der Waals surface area contributed by atoms with Crippen LogP contribution < -0.4 is 14.5 Å². The third-order valence-corrected chi connectivity index (χ3v) is 9.20. The average Bonchev–Trinajstić information content (AvgIpc) is 3.55. The largest absolute Gasteiger partial charge is 0.462 e. The first kappa shape index (κ1) is 28.6. The number of anilines is 2. The number of likely N-dealkylation sites (N-methyl/N-ethyl adjacent to an activating group) is 1. The van der Waals surface area contributed by atoms with Gasteiger partial charge in [0.15, 0.2) is 0 Å². The predicted molar refractivity (Wildman–Crippen MR) is 172 cm³/mol. The third kappa shape index (κ3) is 5.94. The number of likely N-dealkylation sites (tertiary alicyclic amines) is 1. The number of aromatic nitrogens is 2. The maximum absolute atomic E-state index is 12.6. The molecule has 7 rings (SSSR count). The van der Waals surface area contributed by atoms with Crippen molar-refractivity contribution in [1.82, 2.24) is 19.9 Å². The number of hydrogen-bond donors (Lipinski definition) is 0. The van der Waals surface area contributed by atoms with E-state index in [1.807, 2.05) is 18.2 Å². The average molecular weight is 593 g/mol. The summed E-state index contributed by atoms with van der Waals surface area (Å²) in [5.41, 5.74) is 4.01. The van der Waals surface area contributed by atoms with Gasteiger partial charge in [-0.05, 0) is 55.9 Å². The molecule has 0 radical (unpaired) electrons. The molecule has 3 aliphatic heterocycles. The fraction of sp³-hybridized carbons (Fsp3) is 0.400. The number of benzene rings is 3. The molecular formula is C35H40N6O3. The van der Waals surface area contributed by atoms with Gasteiger partial charge in [-0.15, -0.1) is 5.06 Å². The molecule has 1 aromatic heterocycles. The molecule has 9 nitrogen and oxygen atoms in total. The lowest BCUT2D eigenvalue weighted by atomic mass is 10.0. The zero-order chi connectivity index (χ0) is 29.9. The highest BCUT2D eigenvalue weighted by Crippen LogP contribution is 2.34. The maximum Gasteiger partial charge on any atom is 0.357 e. The smallest absolute Gasteiger partial charge is 0.357 e. The van der Waals surface area contributed by atoms with Crippen molar-refractivity contribution in [2.24, 2.45) is 0 Å². The van der Waals surface area contributed by atoms with Crippen LogP contribution in [0.15, 0.2) is 72.8 Å². The van der Waals surface area contributed by atoms with Gasteiger partial charge in [0, 0.05) is 42.3 Å². The van der Waals surface area contributed by atoms with E-state index in [9.17, 15) is 4.79 Å². The van der Waals surface area contributed by atoms with E-state index in [0.29, 0.717) is 56.9 Å². The molecule has 3 aromatic carbocycles.